The molecule has 130 valence electrons. The van der Waals surface area contributed by atoms with Crippen molar-refractivity contribution in [3.05, 3.63) is 78.4 Å². The van der Waals surface area contributed by atoms with E-state index < -0.39 is 0 Å². The largest absolute Gasteiger partial charge is 0.454 e. The fourth-order valence-corrected chi connectivity index (χ4v) is 4.10. The van der Waals surface area contributed by atoms with Gasteiger partial charge in [-0.1, -0.05) is 41.9 Å². The number of hydrogen-bond acceptors (Lipinski definition) is 2. The number of hydrogen-bond donors (Lipinski definition) is 0. The van der Waals surface area contributed by atoms with E-state index >= 15 is 0 Å². The van der Waals surface area contributed by atoms with Crippen LogP contribution in [0.2, 0.25) is 0 Å². The van der Waals surface area contributed by atoms with Crippen LogP contribution in [-0.2, 0) is 0 Å². The third kappa shape index (κ3) is 2.09. The van der Waals surface area contributed by atoms with E-state index in [-0.39, 0.29) is 0 Å². The molecule has 6 rings (SSSR count). The van der Waals surface area contributed by atoms with Gasteiger partial charge >= 0.3 is 0 Å². The van der Waals surface area contributed by atoms with E-state index in [4.69, 9.17) is 17.2 Å². The van der Waals surface area contributed by atoms with Crippen molar-refractivity contribution in [2.45, 2.75) is 6.92 Å². The minimum Gasteiger partial charge on any atom is -0.454 e. The number of aromatic nitrogens is 2. The molecule has 3 aromatic carbocycles. The van der Waals surface area contributed by atoms with Crippen LogP contribution < -0.4 is 5.46 Å². The Bertz CT molecular complexity index is 1540. The number of pyridine rings is 1. The molecule has 6 aromatic rings. The Morgan fingerprint density at radius 2 is 1.68 bits per heavy atom. The molecule has 3 nitrogen and oxygen atoms in total. The second kappa shape index (κ2) is 5.49. The Morgan fingerprint density at radius 3 is 2.61 bits per heavy atom. The lowest BCUT2D eigenvalue weighted by Gasteiger charge is -2.07. The van der Waals surface area contributed by atoms with E-state index in [2.05, 4.69) is 41.8 Å². The van der Waals surface area contributed by atoms with Crippen molar-refractivity contribution in [2.24, 2.45) is 0 Å². The van der Waals surface area contributed by atoms with Crippen molar-refractivity contribution >= 4 is 57.2 Å². The Labute approximate surface area is 162 Å². The first-order valence-electron chi connectivity index (χ1n) is 9.28. The van der Waals surface area contributed by atoms with E-state index in [9.17, 15) is 0 Å². The standard InChI is InChI=1S/C24H15BN2O/c1-14-6-8-16-18-13-15(25)7-9-19(18)27(20(16)12-14)23-11-10-22-24(26-23)17-4-2-3-5-21(17)28-22/h2-13H,1H3. The highest BCUT2D eigenvalue weighted by Crippen LogP contribution is 2.33. The molecule has 4 heteroatoms. The van der Waals surface area contributed by atoms with Gasteiger partial charge in [-0.2, -0.15) is 0 Å². The summed E-state index contributed by atoms with van der Waals surface area (Å²) in [6.45, 7) is 2.11. The Hall–Kier alpha value is -3.53. The minimum absolute atomic E-state index is 0.761. The Kier molecular flexibility index (Phi) is 3.04. The number of aryl methyl sites for hydroxylation is 1. The zero-order chi connectivity index (χ0) is 18.8. The summed E-state index contributed by atoms with van der Waals surface area (Å²) in [6.07, 6.45) is 0. The van der Waals surface area contributed by atoms with Crippen LogP contribution in [0.5, 0.6) is 0 Å². The average Bonchev–Trinajstić information content (AvgIpc) is 3.22. The summed E-state index contributed by atoms with van der Waals surface area (Å²) in [5.74, 6) is 0.870. The Morgan fingerprint density at radius 1 is 0.786 bits per heavy atom. The van der Waals surface area contributed by atoms with Crippen molar-refractivity contribution in [1.29, 1.82) is 0 Å². The number of para-hydroxylation sites is 1. The minimum atomic E-state index is 0.761. The van der Waals surface area contributed by atoms with Gasteiger partial charge in [-0.3, -0.25) is 4.57 Å². The molecule has 0 bridgehead atoms. The van der Waals surface area contributed by atoms with Gasteiger partial charge in [-0.15, -0.1) is 0 Å². The quantitative estimate of drug-likeness (QED) is 0.379. The maximum Gasteiger partial charge on any atom is 0.154 e. The summed E-state index contributed by atoms with van der Waals surface area (Å²) in [5.41, 5.74) is 6.72. The van der Waals surface area contributed by atoms with Crippen LogP contribution in [-0.4, -0.2) is 17.4 Å². The summed E-state index contributed by atoms with van der Waals surface area (Å²) in [5, 5.41) is 3.33. The topological polar surface area (TPSA) is 31.0 Å². The van der Waals surface area contributed by atoms with Crippen molar-refractivity contribution in [3.8, 4) is 5.82 Å². The maximum atomic E-state index is 6.08. The highest BCUT2D eigenvalue weighted by atomic mass is 16.3. The summed E-state index contributed by atoms with van der Waals surface area (Å²) < 4.78 is 8.15. The summed E-state index contributed by atoms with van der Waals surface area (Å²) in [7, 11) is 6.08. The second-order valence-electron chi connectivity index (χ2n) is 7.25. The molecule has 0 atom stereocenters. The van der Waals surface area contributed by atoms with Gasteiger partial charge < -0.3 is 4.42 Å². The lowest BCUT2D eigenvalue weighted by atomic mass is 9.94. The van der Waals surface area contributed by atoms with E-state index in [0.29, 0.717) is 0 Å². The van der Waals surface area contributed by atoms with Gasteiger partial charge in [-0.05, 0) is 48.9 Å². The molecule has 0 aliphatic rings. The van der Waals surface area contributed by atoms with E-state index in [1.807, 2.05) is 42.5 Å². The SMILES string of the molecule is [B]c1ccc2c(c1)c1ccc(C)cc1n2-c1ccc2oc3ccccc3c2n1. The van der Waals surface area contributed by atoms with Crippen LogP contribution in [0.3, 0.4) is 0 Å². The molecular weight excluding hydrogens is 343 g/mol. The fraction of sp³-hybridized carbons (Fsp3) is 0.0417. The molecule has 0 saturated heterocycles. The van der Waals surface area contributed by atoms with E-state index in [0.717, 1.165) is 49.8 Å². The zero-order valence-corrected chi connectivity index (χ0v) is 15.3. The first-order chi connectivity index (χ1) is 13.7. The van der Waals surface area contributed by atoms with Gasteiger partial charge in [0.15, 0.2) is 5.58 Å². The molecule has 0 unspecified atom stereocenters. The number of rotatable bonds is 1. The van der Waals surface area contributed by atoms with Crippen molar-refractivity contribution in [3.63, 3.8) is 0 Å². The lowest BCUT2D eigenvalue weighted by Crippen LogP contribution is -2.01. The summed E-state index contributed by atoms with van der Waals surface area (Å²) in [4.78, 5) is 5.00. The molecule has 0 fully saturated rings. The molecular formula is C24H15BN2O. The number of furan rings is 1. The van der Waals surface area contributed by atoms with Gasteiger partial charge in [0, 0.05) is 16.2 Å². The number of benzene rings is 3. The van der Waals surface area contributed by atoms with E-state index in [1.165, 1.54) is 10.9 Å². The molecule has 0 saturated carbocycles. The summed E-state index contributed by atoms with van der Waals surface area (Å²) in [6, 6.07) is 24.6. The third-order valence-electron chi connectivity index (χ3n) is 5.38. The first kappa shape index (κ1) is 15.5. The van der Waals surface area contributed by atoms with Crippen LogP contribution in [0.15, 0.2) is 77.2 Å². The first-order valence-corrected chi connectivity index (χ1v) is 9.28. The molecule has 0 spiro atoms. The van der Waals surface area contributed by atoms with Crippen LogP contribution >= 0.6 is 0 Å². The zero-order valence-electron chi connectivity index (χ0n) is 15.3. The monoisotopic (exact) mass is 358 g/mol. The normalized spacial score (nSPS) is 11.9. The molecule has 28 heavy (non-hydrogen) atoms. The van der Waals surface area contributed by atoms with Gasteiger partial charge in [0.2, 0.25) is 0 Å². The maximum absolute atomic E-state index is 6.08. The average molecular weight is 358 g/mol. The smallest absolute Gasteiger partial charge is 0.154 e. The molecule has 3 heterocycles. The Balaban J connectivity index is 1.76. The number of nitrogens with zero attached hydrogens (tertiary/aromatic N) is 2. The molecule has 3 aromatic heterocycles. The lowest BCUT2D eigenvalue weighted by molar-refractivity contribution is 0.668. The predicted octanol–water partition coefficient (Wildman–Crippen LogP) is 5.18. The molecule has 0 aliphatic carbocycles. The van der Waals surface area contributed by atoms with Crippen molar-refractivity contribution in [1.82, 2.24) is 9.55 Å². The van der Waals surface area contributed by atoms with Gasteiger partial charge in [0.1, 0.15) is 24.8 Å². The van der Waals surface area contributed by atoms with Crippen LogP contribution in [0.4, 0.5) is 0 Å². The highest BCUT2D eigenvalue weighted by Gasteiger charge is 2.15. The highest BCUT2D eigenvalue weighted by molar-refractivity contribution is 6.34. The van der Waals surface area contributed by atoms with Crippen molar-refractivity contribution in [2.75, 3.05) is 0 Å². The molecule has 0 N–H and O–H groups in total. The number of fused-ring (bicyclic) bond motifs is 6. The van der Waals surface area contributed by atoms with Crippen LogP contribution in [0.1, 0.15) is 5.56 Å². The summed E-state index contributed by atoms with van der Waals surface area (Å²) >= 11 is 0. The van der Waals surface area contributed by atoms with Gasteiger partial charge in [0.25, 0.3) is 0 Å². The molecule has 0 amide bonds. The van der Waals surface area contributed by atoms with Crippen LogP contribution in [0, 0.1) is 6.92 Å². The third-order valence-corrected chi connectivity index (χ3v) is 5.38. The van der Waals surface area contributed by atoms with Crippen molar-refractivity contribution < 1.29 is 4.42 Å². The fourth-order valence-electron chi connectivity index (χ4n) is 4.10. The van der Waals surface area contributed by atoms with Gasteiger partial charge in [-0.25, -0.2) is 4.98 Å². The molecule has 0 aliphatic heterocycles. The van der Waals surface area contributed by atoms with Gasteiger partial charge in [0.05, 0.1) is 11.0 Å². The second-order valence-corrected chi connectivity index (χ2v) is 7.25. The molecule has 2 radical (unpaired) electrons. The predicted molar refractivity (Wildman–Crippen MR) is 116 cm³/mol. The van der Waals surface area contributed by atoms with Crippen LogP contribution in [0.25, 0.3) is 49.7 Å². The van der Waals surface area contributed by atoms with E-state index in [1.54, 1.807) is 0 Å².